The highest BCUT2D eigenvalue weighted by Crippen LogP contribution is 2.19. The molecule has 0 radical (unpaired) electrons. The molecule has 1 saturated heterocycles. The summed E-state index contributed by atoms with van der Waals surface area (Å²) in [5.74, 6) is 0.0795. The molecule has 0 spiro atoms. The van der Waals surface area contributed by atoms with Crippen LogP contribution in [0.3, 0.4) is 0 Å². The van der Waals surface area contributed by atoms with Crippen molar-refractivity contribution in [2.75, 3.05) is 38.0 Å². The molecule has 1 aromatic carbocycles. The van der Waals surface area contributed by atoms with Crippen molar-refractivity contribution in [1.29, 1.82) is 0 Å². The lowest BCUT2D eigenvalue weighted by molar-refractivity contribution is -0.117. The quantitative estimate of drug-likeness (QED) is 0.915. The largest absolute Gasteiger partial charge is 0.336 e. The number of nitrogens with zero attached hydrogens (tertiary/aromatic N) is 2. The average molecular weight is 357 g/mol. The van der Waals surface area contributed by atoms with Crippen LogP contribution in [0.15, 0.2) is 35.0 Å². The van der Waals surface area contributed by atoms with Gasteiger partial charge >= 0.3 is 0 Å². The Kier molecular flexibility index (Phi) is 5.50. The van der Waals surface area contributed by atoms with Crippen molar-refractivity contribution in [3.05, 3.63) is 51.7 Å². The molecule has 25 heavy (non-hydrogen) atoms. The highest BCUT2D eigenvalue weighted by atomic mass is 32.1. The molecule has 2 amide bonds. The second-order valence-electron chi connectivity index (χ2n) is 6.40. The van der Waals surface area contributed by atoms with E-state index < -0.39 is 0 Å². The number of hydrogen-bond donors (Lipinski definition) is 1. The molecule has 1 aliphatic heterocycles. The van der Waals surface area contributed by atoms with Crippen LogP contribution in [0.25, 0.3) is 0 Å². The van der Waals surface area contributed by atoms with E-state index in [0.29, 0.717) is 19.6 Å². The lowest BCUT2D eigenvalue weighted by Gasteiger charge is -2.34. The summed E-state index contributed by atoms with van der Waals surface area (Å²) in [6.45, 7) is 7.10. The third-order valence-electron chi connectivity index (χ3n) is 4.54. The van der Waals surface area contributed by atoms with Crippen molar-refractivity contribution < 1.29 is 9.59 Å². The van der Waals surface area contributed by atoms with E-state index >= 15 is 0 Å². The van der Waals surface area contributed by atoms with Gasteiger partial charge in [-0.25, -0.2) is 0 Å². The SMILES string of the molecule is Cc1cccc(C)c1NC(=O)CN1CCN(C(=O)c2ccsc2)CC1. The summed E-state index contributed by atoms with van der Waals surface area (Å²) in [5.41, 5.74) is 3.80. The van der Waals surface area contributed by atoms with Crippen molar-refractivity contribution in [2.45, 2.75) is 13.8 Å². The van der Waals surface area contributed by atoms with Gasteiger partial charge in [-0.1, -0.05) is 18.2 Å². The van der Waals surface area contributed by atoms with E-state index in [9.17, 15) is 9.59 Å². The fourth-order valence-corrected chi connectivity index (χ4v) is 3.70. The number of rotatable bonds is 4. The molecule has 6 heteroatoms. The van der Waals surface area contributed by atoms with Crippen LogP contribution >= 0.6 is 11.3 Å². The van der Waals surface area contributed by atoms with Crippen LogP contribution in [0, 0.1) is 13.8 Å². The second-order valence-corrected chi connectivity index (χ2v) is 7.18. The third kappa shape index (κ3) is 4.27. The topological polar surface area (TPSA) is 52.7 Å². The smallest absolute Gasteiger partial charge is 0.254 e. The van der Waals surface area contributed by atoms with Crippen LogP contribution < -0.4 is 5.32 Å². The Bertz CT molecular complexity index is 730. The number of benzene rings is 1. The molecular formula is C19H23N3O2S. The first-order chi connectivity index (χ1) is 12.0. The molecule has 2 heterocycles. The molecule has 1 aromatic heterocycles. The minimum Gasteiger partial charge on any atom is -0.336 e. The molecule has 0 unspecified atom stereocenters. The fraction of sp³-hybridized carbons (Fsp3) is 0.368. The molecular weight excluding hydrogens is 334 g/mol. The molecule has 1 fully saturated rings. The Labute approximate surface area is 152 Å². The van der Waals surface area contributed by atoms with E-state index in [-0.39, 0.29) is 11.8 Å². The van der Waals surface area contributed by atoms with E-state index in [0.717, 1.165) is 35.5 Å². The molecule has 0 bridgehead atoms. The van der Waals surface area contributed by atoms with Crippen molar-refractivity contribution >= 4 is 28.8 Å². The van der Waals surface area contributed by atoms with Crippen molar-refractivity contribution in [3.8, 4) is 0 Å². The third-order valence-corrected chi connectivity index (χ3v) is 5.22. The highest BCUT2D eigenvalue weighted by molar-refractivity contribution is 7.08. The maximum Gasteiger partial charge on any atom is 0.254 e. The van der Waals surface area contributed by atoms with Gasteiger partial charge in [0.1, 0.15) is 0 Å². The number of hydrogen-bond acceptors (Lipinski definition) is 4. The normalized spacial score (nSPS) is 15.2. The summed E-state index contributed by atoms with van der Waals surface area (Å²) < 4.78 is 0. The number of amides is 2. The maximum atomic E-state index is 12.4. The van der Waals surface area contributed by atoms with Crippen molar-refractivity contribution in [1.82, 2.24) is 9.80 Å². The summed E-state index contributed by atoms with van der Waals surface area (Å²) in [7, 11) is 0. The molecule has 3 rings (SSSR count). The van der Waals surface area contributed by atoms with Crippen LogP contribution in [0.4, 0.5) is 5.69 Å². The number of carbonyl (C=O) groups is 2. The predicted molar refractivity (Wildman–Crippen MR) is 101 cm³/mol. The standard InChI is InChI=1S/C19H23N3O2S/c1-14-4-3-5-15(2)18(14)20-17(23)12-21-7-9-22(10-8-21)19(24)16-6-11-25-13-16/h3-6,11,13H,7-10,12H2,1-2H3,(H,20,23). The molecule has 0 aliphatic carbocycles. The second kappa shape index (κ2) is 7.80. The minimum absolute atomic E-state index is 0.00462. The number of piperazine rings is 1. The Morgan fingerprint density at radius 1 is 1.08 bits per heavy atom. The van der Waals surface area contributed by atoms with Gasteiger partial charge in [-0.05, 0) is 36.4 Å². The van der Waals surface area contributed by atoms with Gasteiger partial charge < -0.3 is 10.2 Å². The van der Waals surface area contributed by atoms with Crippen molar-refractivity contribution in [2.24, 2.45) is 0 Å². The van der Waals surface area contributed by atoms with E-state index in [1.165, 1.54) is 11.3 Å². The van der Waals surface area contributed by atoms with Crippen LogP contribution in [-0.4, -0.2) is 54.3 Å². The first-order valence-corrected chi connectivity index (χ1v) is 9.39. The predicted octanol–water partition coefficient (Wildman–Crippen LogP) is 2.76. The summed E-state index contributed by atoms with van der Waals surface area (Å²) in [5, 5.41) is 6.82. The van der Waals surface area contributed by atoms with Crippen molar-refractivity contribution in [3.63, 3.8) is 0 Å². The molecule has 1 N–H and O–H groups in total. The number of carbonyl (C=O) groups excluding carboxylic acids is 2. The number of para-hydroxylation sites is 1. The summed E-state index contributed by atoms with van der Waals surface area (Å²) in [6, 6.07) is 7.84. The molecule has 5 nitrogen and oxygen atoms in total. The minimum atomic E-state index is -0.00462. The molecule has 1 aliphatic rings. The summed E-state index contributed by atoms with van der Waals surface area (Å²) >= 11 is 1.53. The van der Waals surface area contributed by atoms with Gasteiger partial charge in [0, 0.05) is 37.2 Å². The molecule has 0 saturated carbocycles. The molecule has 2 aromatic rings. The van der Waals surface area contributed by atoms with Gasteiger partial charge in [-0.15, -0.1) is 0 Å². The lowest BCUT2D eigenvalue weighted by atomic mass is 10.1. The summed E-state index contributed by atoms with van der Waals surface area (Å²) in [4.78, 5) is 28.7. The summed E-state index contributed by atoms with van der Waals surface area (Å²) in [6.07, 6.45) is 0. The van der Waals surface area contributed by atoms with Gasteiger partial charge in [0.25, 0.3) is 5.91 Å². The van der Waals surface area contributed by atoms with Crippen LogP contribution in [-0.2, 0) is 4.79 Å². The Morgan fingerprint density at radius 2 is 1.76 bits per heavy atom. The van der Waals surface area contributed by atoms with E-state index in [4.69, 9.17) is 0 Å². The number of thiophene rings is 1. The van der Waals surface area contributed by atoms with Crippen LogP contribution in [0.5, 0.6) is 0 Å². The Balaban J connectivity index is 1.50. The number of aryl methyl sites for hydroxylation is 2. The van der Waals surface area contributed by atoms with E-state index in [1.807, 2.05) is 53.8 Å². The zero-order chi connectivity index (χ0) is 17.8. The molecule has 0 atom stereocenters. The monoisotopic (exact) mass is 357 g/mol. The first kappa shape index (κ1) is 17.6. The fourth-order valence-electron chi connectivity index (χ4n) is 3.07. The zero-order valence-corrected chi connectivity index (χ0v) is 15.4. The average Bonchev–Trinajstić information content (AvgIpc) is 3.13. The first-order valence-electron chi connectivity index (χ1n) is 8.44. The highest BCUT2D eigenvalue weighted by Gasteiger charge is 2.23. The van der Waals surface area contributed by atoms with Gasteiger partial charge in [0.15, 0.2) is 0 Å². The number of nitrogens with one attached hydrogen (secondary N) is 1. The zero-order valence-electron chi connectivity index (χ0n) is 14.6. The lowest BCUT2D eigenvalue weighted by Crippen LogP contribution is -2.50. The van der Waals surface area contributed by atoms with E-state index in [2.05, 4.69) is 10.2 Å². The number of anilines is 1. The van der Waals surface area contributed by atoms with E-state index in [1.54, 1.807) is 0 Å². The molecule has 132 valence electrons. The van der Waals surface area contributed by atoms with Gasteiger partial charge in [-0.2, -0.15) is 11.3 Å². The van der Waals surface area contributed by atoms with Gasteiger partial charge in [0.2, 0.25) is 5.91 Å². The Morgan fingerprint density at radius 3 is 2.36 bits per heavy atom. The Hall–Kier alpha value is -2.18. The van der Waals surface area contributed by atoms with Crippen LogP contribution in [0.1, 0.15) is 21.5 Å². The van der Waals surface area contributed by atoms with Gasteiger partial charge in [0.05, 0.1) is 12.1 Å². The van der Waals surface area contributed by atoms with Crippen LogP contribution in [0.2, 0.25) is 0 Å². The maximum absolute atomic E-state index is 12.4. The van der Waals surface area contributed by atoms with Gasteiger partial charge in [-0.3, -0.25) is 14.5 Å².